The molecule has 1 unspecified atom stereocenters. The van der Waals surface area contributed by atoms with Crippen LogP contribution in [0.4, 0.5) is 0 Å². The van der Waals surface area contributed by atoms with Gasteiger partial charge in [-0.2, -0.15) is 0 Å². The molecule has 1 fully saturated rings. The predicted molar refractivity (Wildman–Crippen MR) is 89.0 cm³/mol. The fraction of sp³-hybridized carbons (Fsp3) is 0.500. The van der Waals surface area contributed by atoms with Crippen molar-refractivity contribution in [2.45, 2.75) is 18.7 Å². The molecule has 1 heterocycles. The van der Waals surface area contributed by atoms with E-state index in [1.807, 2.05) is 12.1 Å². The molecule has 2 N–H and O–H groups in total. The van der Waals surface area contributed by atoms with E-state index in [2.05, 4.69) is 4.90 Å². The van der Waals surface area contributed by atoms with Gasteiger partial charge in [0.15, 0.2) is 0 Å². The Kier molecular flexibility index (Phi) is 7.38. The van der Waals surface area contributed by atoms with Crippen LogP contribution in [-0.4, -0.2) is 64.8 Å². The summed E-state index contributed by atoms with van der Waals surface area (Å²) in [5.74, 6) is -0.896. The zero-order chi connectivity index (χ0) is 15.6. The summed E-state index contributed by atoms with van der Waals surface area (Å²) in [6.45, 7) is 1.69. The number of carboxylic acids is 1. The SMILES string of the molecule is CN(CC(=O)O)C1CN(Cc2ccc(Cl)c(Cl)c2)C[C@H]1O.Cl. The Balaban J connectivity index is 0.00000242. The molecule has 5 nitrogen and oxygen atoms in total. The lowest BCUT2D eigenvalue weighted by molar-refractivity contribution is -0.138. The molecule has 1 aromatic carbocycles. The van der Waals surface area contributed by atoms with Crippen molar-refractivity contribution in [3.05, 3.63) is 33.8 Å². The lowest BCUT2D eigenvalue weighted by atomic mass is 10.2. The Hall–Kier alpha value is -0.560. The molecule has 0 aliphatic carbocycles. The molecule has 124 valence electrons. The number of likely N-dealkylation sites (tertiary alicyclic amines) is 1. The van der Waals surface area contributed by atoms with Gasteiger partial charge < -0.3 is 10.2 Å². The maximum atomic E-state index is 10.8. The third-order valence-electron chi connectivity index (χ3n) is 3.68. The van der Waals surface area contributed by atoms with Gasteiger partial charge in [-0.25, -0.2) is 0 Å². The van der Waals surface area contributed by atoms with Crippen LogP contribution in [0.3, 0.4) is 0 Å². The van der Waals surface area contributed by atoms with Crippen molar-refractivity contribution in [2.24, 2.45) is 0 Å². The topological polar surface area (TPSA) is 64.0 Å². The summed E-state index contributed by atoms with van der Waals surface area (Å²) < 4.78 is 0. The zero-order valence-electron chi connectivity index (χ0n) is 12.1. The number of carbonyl (C=O) groups is 1. The molecular weight excluding hydrogens is 351 g/mol. The van der Waals surface area contributed by atoms with E-state index in [0.29, 0.717) is 29.7 Å². The second kappa shape index (κ2) is 8.34. The quantitative estimate of drug-likeness (QED) is 0.831. The number of aliphatic hydroxyl groups excluding tert-OH is 1. The molecule has 1 aromatic rings. The van der Waals surface area contributed by atoms with E-state index in [-0.39, 0.29) is 25.0 Å². The standard InChI is InChI=1S/C14H18Cl2N2O3.ClH/c1-17(8-14(20)21)12-6-18(7-13(12)19)5-9-2-3-10(15)11(16)4-9;/h2-4,12-13,19H,5-8H2,1H3,(H,20,21);1H/t12?,13-;/m1./s1. The summed E-state index contributed by atoms with van der Waals surface area (Å²) in [5, 5.41) is 19.9. The number of likely N-dealkylation sites (N-methyl/N-ethyl adjacent to an activating group) is 1. The van der Waals surface area contributed by atoms with Crippen molar-refractivity contribution in [3.63, 3.8) is 0 Å². The van der Waals surface area contributed by atoms with Crippen LogP contribution in [-0.2, 0) is 11.3 Å². The molecular formula is C14H19Cl3N2O3. The van der Waals surface area contributed by atoms with Gasteiger partial charge in [0.25, 0.3) is 0 Å². The summed E-state index contributed by atoms with van der Waals surface area (Å²) in [4.78, 5) is 14.5. The van der Waals surface area contributed by atoms with E-state index in [1.54, 1.807) is 18.0 Å². The van der Waals surface area contributed by atoms with Gasteiger partial charge in [0.2, 0.25) is 0 Å². The molecule has 0 bridgehead atoms. The predicted octanol–water partition coefficient (Wildman–Crippen LogP) is 1.98. The van der Waals surface area contributed by atoms with Crippen LogP contribution in [0.1, 0.15) is 5.56 Å². The minimum absolute atomic E-state index is 0. The summed E-state index contributed by atoms with van der Waals surface area (Å²) in [7, 11) is 1.71. The van der Waals surface area contributed by atoms with E-state index >= 15 is 0 Å². The second-order valence-electron chi connectivity index (χ2n) is 5.39. The maximum Gasteiger partial charge on any atom is 0.317 e. The monoisotopic (exact) mass is 368 g/mol. The smallest absolute Gasteiger partial charge is 0.317 e. The Morgan fingerprint density at radius 1 is 1.36 bits per heavy atom. The average Bonchev–Trinajstić information content (AvgIpc) is 2.74. The first-order valence-corrected chi connectivity index (χ1v) is 7.39. The molecule has 0 saturated carbocycles. The lowest BCUT2D eigenvalue weighted by Gasteiger charge is -2.24. The summed E-state index contributed by atoms with van der Waals surface area (Å²) in [6, 6.07) is 5.28. The van der Waals surface area contributed by atoms with Gasteiger partial charge in [-0.15, -0.1) is 12.4 Å². The van der Waals surface area contributed by atoms with Gasteiger partial charge in [0.05, 0.1) is 22.7 Å². The van der Waals surface area contributed by atoms with E-state index in [1.165, 1.54) is 0 Å². The minimum Gasteiger partial charge on any atom is -0.480 e. The van der Waals surface area contributed by atoms with Crippen molar-refractivity contribution in [1.82, 2.24) is 9.80 Å². The largest absolute Gasteiger partial charge is 0.480 e. The van der Waals surface area contributed by atoms with Gasteiger partial charge in [-0.3, -0.25) is 14.6 Å². The van der Waals surface area contributed by atoms with Crippen LogP contribution in [0.2, 0.25) is 10.0 Å². The summed E-state index contributed by atoms with van der Waals surface area (Å²) in [5.41, 5.74) is 1.01. The highest BCUT2D eigenvalue weighted by atomic mass is 35.5. The fourth-order valence-corrected chi connectivity index (χ4v) is 2.96. The molecule has 1 saturated heterocycles. The third-order valence-corrected chi connectivity index (χ3v) is 4.41. The number of carboxylic acid groups (broad SMARTS) is 1. The van der Waals surface area contributed by atoms with Crippen LogP contribution in [0.15, 0.2) is 18.2 Å². The number of rotatable bonds is 5. The van der Waals surface area contributed by atoms with E-state index in [9.17, 15) is 9.90 Å². The number of hydrogen-bond donors (Lipinski definition) is 2. The normalized spacial score (nSPS) is 21.9. The van der Waals surface area contributed by atoms with Crippen molar-refractivity contribution < 1.29 is 15.0 Å². The summed E-state index contributed by atoms with van der Waals surface area (Å²) in [6.07, 6.45) is -0.558. The van der Waals surface area contributed by atoms with Gasteiger partial charge in [0.1, 0.15) is 0 Å². The molecule has 1 aliphatic heterocycles. The van der Waals surface area contributed by atoms with Crippen LogP contribution in [0.5, 0.6) is 0 Å². The number of hydrogen-bond acceptors (Lipinski definition) is 4. The molecule has 2 atom stereocenters. The molecule has 22 heavy (non-hydrogen) atoms. The van der Waals surface area contributed by atoms with Crippen LogP contribution < -0.4 is 0 Å². The van der Waals surface area contributed by atoms with E-state index in [0.717, 1.165) is 5.56 Å². The first kappa shape index (κ1) is 19.5. The Labute approximate surface area is 145 Å². The molecule has 0 spiro atoms. The maximum absolute atomic E-state index is 10.8. The third kappa shape index (κ3) is 4.98. The summed E-state index contributed by atoms with van der Waals surface area (Å²) >= 11 is 11.9. The van der Waals surface area contributed by atoms with E-state index in [4.69, 9.17) is 28.3 Å². The second-order valence-corrected chi connectivity index (χ2v) is 6.20. The molecule has 1 aliphatic rings. The van der Waals surface area contributed by atoms with Gasteiger partial charge in [0, 0.05) is 25.7 Å². The number of aliphatic carboxylic acids is 1. The highest BCUT2D eigenvalue weighted by Gasteiger charge is 2.34. The number of β-amino-alcohol motifs (C(OH)–C–C–N with tert-alkyl or cyclic N) is 1. The van der Waals surface area contributed by atoms with Crippen LogP contribution in [0.25, 0.3) is 0 Å². The Morgan fingerprint density at radius 3 is 2.64 bits per heavy atom. The van der Waals surface area contributed by atoms with Crippen LogP contribution in [0, 0.1) is 0 Å². The van der Waals surface area contributed by atoms with Crippen molar-refractivity contribution in [2.75, 3.05) is 26.7 Å². The van der Waals surface area contributed by atoms with Gasteiger partial charge >= 0.3 is 5.97 Å². The Morgan fingerprint density at radius 2 is 2.05 bits per heavy atom. The highest BCUT2D eigenvalue weighted by Crippen LogP contribution is 2.24. The van der Waals surface area contributed by atoms with Crippen LogP contribution >= 0.6 is 35.6 Å². The molecule has 8 heteroatoms. The molecule has 2 rings (SSSR count). The number of nitrogens with zero attached hydrogens (tertiary/aromatic N) is 2. The lowest BCUT2D eigenvalue weighted by Crippen LogP contribution is -2.43. The first-order chi connectivity index (χ1) is 9.86. The number of aliphatic hydroxyl groups is 1. The number of halogens is 3. The Bertz CT molecular complexity index is 530. The number of benzene rings is 1. The van der Waals surface area contributed by atoms with E-state index < -0.39 is 12.1 Å². The van der Waals surface area contributed by atoms with Gasteiger partial charge in [-0.1, -0.05) is 29.3 Å². The minimum atomic E-state index is -0.896. The molecule has 0 aromatic heterocycles. The van der Waals surface area contributed by atoms with Gasteiger partial charge in [-0.05, 0) is 24.7 Å². The molecule has 0 radical (unpaired) electrons. The zero-order valence-corrected chi connectivity index (χ0v) is 14.4. The fourth-order valence-electron chi connectivity index (χ4n) is 2.64. The van der Waals surface area contributed by atoms with Crippen molar-refractivity contribution >= 4 is 41.6 Å². The van der Waals surface area contributed by atoms with Crippen molar-refractivity contribution in [3.8, 4) is 0 Å². The average molecular weight is 370 g/mol. The highest BCUT2D eigenvalue weighted by molar-refractivity contribution is 6.42. The van der Waals surface area contributed by atoms with Crippen molar-refractivity contribution in [1.29, 1.82) is 0 Å². The molecule has 0 amide bonds. The first-order valence-electron chi connectivity index (χ1n) is 6.63.